The number of rotatable bonds is 6. The standard InChI is InChI=1S/C22H29BrClF3N2O/c23-20-6-3-18(24)14-17(20)13-16-8-11-29(12-9-16)10-7-15-1-4-19(5-2-15)28-21(30)22(25,26)27/h3,6,14-16,19H,1-2,4-5,7-13H2,(H,28,30). The van der Waals surface area contributed by atoms with Crippen LogP contribution in [0, 0.1) is 11.8 Å². The molecular formula is C22H29BrClF3N2O. The van der Waals surface area contributed by atoms with Gasteiger partial charge >= 0.3 is 12.1 Å². The molecule has 1 aromatic carbocycles. The number of carbonyl (C=O) groups is 1. The molecule has 2 fully saturated rings. The number of hydrogen-bond acceptors (Lipinski definition) is 2. The van der Waals surface area contributed by atoms with Crippen LogP contribution in [0.15, 0.2) is 22.7 Å². The Morgan fingerprint density at radius 1 is 1.10 bits per heavy atom. The molecule has 0 atom stereocenters. The zero-order chi connectivity index (χ0) is 21.7. The summed E-state index contributed by atoms with van der Waals surface area (Å²) < 4.78 is 38.2. The van der Waals surface area contributed by atoms with Crippen LogP contribution in [-0.2, 0) is 11.2 Å². The van der Waals surface area contributed by atoms with E-state index in [1.165, 1.54) is 18.4 Å². The Balaban J connectivity index is 1.33. The number of nitrogens with one attached hydrogen (secondary N) is 1. The van der Waals surface area contributed by atoms with Crippen molar-refractivity contribution in [3.05, 3.63) is 33.3 Å². The number of likely N-dealkylation sites (tertiary alicyclic amines) is 1. The molecule has 1 heterocycles. The highest BCUT2D eigenvalue weighted by molar-refractivity contribution is 9.10. The van der Waals surface area contributed by atoms with Crippen LogP contribution < -0.4 is 5.32 Å². The first-order valence-electron chi connectivity index (χ1n) is 10.7. The molecule has 0 radical (unpaired) electrons. The van der Waals surface area contributed by atoms with Crippen molar-refractivity contribution in [1.29, 1.82) is 0 Å². The Kier molecular flexibility index (Phi) is 8.50. The van der Waals surface area contributed by atoms with Crippen molar-refractivity contribution in [1.82, 2.24) is 10.2 Å². The van der Waals surface area contributed by atoms with Crippen LogP contribution in [-0.4, -0.2) is 42.7 Å². The molecule has 1 amide bonds. The molecule has 1 N–H and O–H groups in total. The molecule has 3 nitrogen and oxygen atoms in total. The first-order valence-corrected chi connectivity index (χ1v) is 11.9. The highest BCUT2D eigenvalue weighted by atomic mass is 79.9. The predicted octanol–water partition coefficient (Wildman–Crippen LogP) is 5.98. The summed E-state index contributed by atoms with van der Waals surface area (Å²) in [7, 11) is 0. The van der Waals surface area contributed by atoms with Crippen LogP contribution in [0.3, 0.4) is 0 Å². The van der Waals surface area contributed by atoms with Gasteiger partial charge in [-0.2, -0.15) is 13.2 Å². The minimum Gasteiger partial charge on any atom is -0.346 e. The molecule has 2 aliphatic rings. The summed E-state index contributed by atoms with van der Waals surface area (Å²) in [5.41, 5.74) is 1.27. The van der Waals surface area contributed by atoms with Crippen LogP contribution in [0.4, 0.5) is 13.2 Å². The van der Waals surface area contributed by atoms with E-state index in [0.717, 1.165) is 54.8 Å². The first kappa shape index (κ1) is 23.9. The maximum Gasteiger partial charge on any atom is 0.471 e. The van der Waals surface area contributed by atoms with Gasteiger partial charge < -0.3 is 10.2 Å². The minimum atomic E-state index is -4.79. The van der Waals surface area contributed by atoms with Crippen molar-refractivity contribution in [2.24, 2.45) is 11.8 Å². The summed E-state index contributed by atoms with van der Waals surface area (Å²) in [6, 6.07) is 5.62. The lowest BCUT2D eigenvalue weighted by atomic mass is 9.83. The number of hydrogen-bond donors (Lipinski definition) is 1. The number of piperidine rings is 1. The van der Waals surface area contributed by atoms with Gasteiger partial charge in [0.05, 0.1) is 0 Å². The van der Waals surface area contributed by atoms with Gasteiger partial charge in [-0.25, -0.2) is 0 Å². The van der Waals surface area contributed by atoms with Crippen molar-refractivity contribution < 1.29 is 18.0 Å². The van der Waals surface area contributed by atoms with E-state index in [1.807, 2.05) is 18.2 Å². The Hall–Kier alpha value is -0.790. The maximum atomic E-state index is 12.4. The van der Waals surface area contributed by atoms with Gasteiger partial charge in [0.2, 0.25) is 0 Å². The van der Waals surface area contributed by atoms with Crippen molar-refractivity contribution in [3.63, 3.8) is 0 Å². The summed E-state index contributed by atoms with van der Waals surface area (Å²) in [5.74, 6) is -0.591. The van der Waals surface area contributed by atoms with Gasteiger partial charge in [0, 0.05) is 15.5 Å². The smallest absolute Gasteiger partial charge is 0.346 e. The average Bonchev–Trinajstić information content (AvgIpc) is 2.70. The molecule has 0 bridgehead atoms. The van der Waals surface area contributed by atoms with Gasteiger partial charge in [-0.05, 0) is 107 Å². The van der Waals surface area contributed by atoms with E-state index in [0.29, 0.717) is 24.7 Å². The van der Waals surface area contributed by atoms with Crippen molar-refractivity contribution in [2.75, 3.05) is 19.6 Å². The fourth-order valence-corrected chi connectivity index (χ4v) is 5.26. The summed E-state index contributed by atoms with van der Waals surface area (Å²) in [4.78, 5) is 13.6. The van der Waals surface area contributed by atoms with Gasteiger partial charge in [0.15, 0.2) is 0 Å². The highest BCUT2D eigenvalue weighted by Crippen LogP contribution is 2.30. The molecule has 1 aliphatic heterocycles. The second-order valence-electron chi connectivity index (χ2n) is 8.70. The minimum absolute atomic E-state index is 0.336. The molecule has 0 unspecified atom stereocenters. The number of amides is 1. The molecular weight excluding hydrogens is 481 g/mol. The Morgan fingerprint density at radius 3 is 2.40 bits per heavy atom. The molecule has 8 heteroatoms. The third kappa shape index (κ3) is 7.13. The number of nitrogens with zero attached hydrogens (tertiary/aromatic N) is 1. The third-order valence-electron chi connectivity index (χ3n) is 6.52. The van der Waals surface area contributed by atoms with Crippen LogP contribution in [0.1, 0.15) is 50.5 Å². The van der Waals surface area contributed by atoms with Crippen molar-refractivity contribution in [3.8, 4) is 0 Å². The van der Waals surface area contributed by atoms with E-state index in [9.17, 15) is 18.0 Å². The summed E-state index contributed by atoms with van der Waals surface area (Å²) >= 11 is 9.74. The van der Waals surface area contributed by atoms with Crippen LogP contribution in [0.2, 0.25) is 5.02 Å². The number of benzene rings is 1. The summed E-state index contributed by atoms with van der Waals surface area (Å²) in [6.45, 7) is 3.25. The molecule has 168 valence electrons. The lowest BCUT2D eigenvalue weighted by molar-refractivity contribution is -0.174. The summed E-state index contributed by atoms with van der Waals surface area (Å²) in [6.07, 6.45) is 2.76. The summed E-state index contributed by atoms with van der Waals surface area (Å²) in [5, 5.41) is 2.91. The van der Waals surface area contributed by atoms with E-state index < -0.39 is 12.1 Å². The van der Waals surface area contributed by atoms with Crippen molar-refractivity contribution >= 4 is 33.4 Å². The second kappa shape index (κ2) is 10.7. The fourth-order valence-electron chi connectivity index (χ4n) is 4.65. The van der Waals surface area contributed by atoms with E-state index in [4.69, 9.17) is 11.6 Å². The van der Waals surface area contributed by atoms with Crippen molar-refractivity contribution in [2.45, 2.75) is 63.6 Å². The predicted molar refractivity (Wildman–Crippen MR) is 117 cm³/mol. The molecule has 0 aromatic heterocycles. The Bertz CT molecular complexity index is 715. The van der Waals surface area contributed by atoms with Gasteiger partial charge in [-0.3, -0.25) is 4.79 Å². The Labute approximate surface area is 189 Å². The van der Waals surface area contributed by atoms with E-state index in [-0.39, 0.29) is 6.04 Å². The zero-order valence-corrected chi connectivity index (χ0v) is 19.3. The Morgan fingerprint density at radius 2 is 1.77 bits per heavy atom. The highest BCUT2D eigenvalue weighted by Gasteiger charge is 2.40. The van der Waals surface area contributed by atoms with E-state index in [1.54, 1.807) is 0 Å². The quantitative estimate of drug-likeness (QED) is 0.511. The fraction of sp³-hybridized carbons (Fsp3) is 0.682. The molecule has 1 aliphatic carbocycles. The van der Waals surface area contributed by atoms with Gasteiger partial charge in [-0.1, -0.05) is 27.5 Å². The molecule has 1 saturated carbocycles. The second-order valence-corrected chi connectivity index (χ2v) is 9.99. The molecule has 1 saturated heterocycles. The van der Waals surface area contributed by atoms with Gasteiger partial charge in [-0.15, -0.1) is 0 Å². The zero-order valence-electron chi connectivity index (χ0n) is 17.0. The third-order valence-corrected chi connectivity index (χ3v) is 7.53. The largest absolute Gasteiger partial charge is 0.471 e. The normalized spacial score (nSPS) is 24.0. The van der Waals surface area contributed by atoms with Crippen LogP contribution >= 0.6 is 27.5 Å². The average molecular weight is 510 g/mol. The first-order chi connectivity index (χ1) is 14.2. The van der Waals surface area contributed by atoms with E-state index >= 15 is 0 Å². The van der Waals surface area contributed by atoms with E-state index in [2.05, 4.69) is 26.1 Å². The maximum absolute atomic E-state index is 12.4. The lowest BCUT2D eigenvalue weighted by Gasteiger charge is -2.34. The van der Waals surface area contributed by atoms with Crippen LogP contribution in [0.5, 0.6) is 0 Å². The monoisotopic (exact) mass is 508 g/mol. The van der Waals surface area contributed by atoms with Crippen LogP contribution in [0.25, 0.3) is 0 Å². The molecule has 3 rings (SSSR count). The lowest BCUT2D eigenvalue weighted by Crippen LogP contribution is -2.44. The molecule has 1 aromatic rings. The number of carbonyl (C=O) groups excluding carboxylic acids is 1. The van der Waals surface area contributed by atoms with Gasteiger partial charge in [0.25, 0.3) is 0 Å². The molecule has 30 heavy (non-hydrogen) atoms. The number of halogens is 5. The molecule has 0 spiro atoms. The topological polar surface area (TPSA) is 32.3 Å². The SMILES string of the molecule is O=C(NC1CCC(CCN2CCC(Cc3cc(Cl)ccc3Br)CC2)CC1)C(F)(F)F. The number of alkyl halides is 3. The van der Waals surface area contributed by atoms with Gasteiger partial charge in [0.1, 0.15) is 0 Å².